The van der Waals surface area contributed by atoms with Crippen molar-refractivity contribution in [1.29, 1.82) is 0 Å². The van der Waals surface area contributed by atoms with Crippen molar-refractivity contribution in [3.63, 3.8) is 0 Å². The SMILES string of the molecule is CN(c1ccccc1)c1ncnc(Oc2ccc(Br)cc2)c1N. The number of nitrogens with zero attached hydrogens (tertiary/aromatic N) is 3. The molecule has 0 fully saturated rings. The number of nitrogens with two attached hydrogens (primary N) is 1. The van der Waals surface area contributed by atoms with Gasteiger partial charge in [0.1, 0.15) is 17.8 Å². The second kappa shape index (κ2) is 6.66. The van der Waals surface area contributed by atoms with Gasteiger partial charge in [-0.3, -0.25) is 0 Å². The van der Waals surface area contributed by atoms with Crippen molar-refractivity contribution in [3.8, 4) is 11.6 Å². The number of rotatable bonds is 4. The Hall–Kier alpha value is -2.60. The molecular weight excluding hydrogens is 356 g/mol. The van der Waals surface area contributed by atoms with Gasteiger partial charge in [-0.05, 0) is 36.4 Å². The molecule has 0 radical (unpaired) electrons. The molecular formula is C17H15BrN4O. The molecule has 0 saturated carbocycles. The first-order valence-corrected chi connectivity index (χ1v) is 7.77. The number of anilines is 3. The van der Waals surface area contributed by atoms with Crippen molar-refractivity contribution in [2.24, 2.45) is 0 Å². The van der Waals surface area contributed by atoms with Crippen molar-refractivity contribution in [2.75, 3.05) is 17.7 Å². The van der Waals surface area contributed by atoms with E-state index in [4.69, 9.17) is 10.5 Å². The predicted molar refractivity (Wildman–Crippen MR) is 95.2 cm³/mol. The van der Waals surface area contributed by atoms with E-state index in [1.165, 1.54) is 6.33 Å². The molecule has 0 aliphatic rings. The maximum Gasteiger partial charge on any atom is 0.248 e. The predicted octanol–water partition coefficient (Wildman–Crippen LogP) is 4.38. The van der Waals surface area contributed by atoms with E-state index >= 15 is 0 Å². The van der Waals surface area contributed by atoms with E-state index in [2.05, 4.69) is 25.9 Å². The van der Waals surface area contributed by atoms with Crippen molar-refractivity contribution in [2.45, 2.75) is 0 Å². The molecule has 0 aliphatic heterocycles. The molecule has 0 atom stereocenters. The average molecular weight is 371 g/mol. The van der Waals surface area contributed by atoms with Gasteiger partial charge in [0.05, 0.1) is 0 Å². The zero-order valence-electron chi connectivity index (χ0n) is 12.5. The van der Waals surface area contributed by atoms with Crippen LogP contribution in [-0.4, -0.2) is 17.0 Å². The van der Waals surface area contributed by atoms with E-state index in [0.717, 1.165) is 10.2 Å². The van der Waals surface area contributed by atoms with E-state index in [-0.39, 0.29) is 0 Å². The fourth-order valence-electron chi connectivity index (χ4n) is 2.11. The van der Waals surface area contributed by atoms with Crippen LogP contribution in [0, 0.1) is 0 Å². The van der Waals surface area contributed by atoms with Gasteiger partial charge in [0.2, 0.25) is 5.88 Å². The summed E-state index contributed by atoms with van der Waals surface area (Å²) >= 11 is 3.39. The van der Waals surface area contributed by atoms with Crippen LogP contribution in [0.15, 0.2) is 65.4 Å². The van der Waals surface area contributed by atoms with Gasteiger partial charge in [0.25, 0.3) is 0 Å². The maximum atomic E-state index is 6.20. The fourth-order valence-corrected chi connectivity index (χ4v) is 2.37. The Balaban J connectivity index is 1.90. The number of benzene rings is 2. The molecule has 0 bridgehead atoms. The van der Waals surface area contributed by atoms with Crippen LogP contribution in [0.3, 0.4) is 0 Å². The highest BCUT2D eigenvalue weighted by Crippen LogP contribution is 2.34. The van der Waals surface area contributed by atoms with Gasteiger partial charge < -0.3 is 15.4 Å². The zero-order chi connectivity index (χ0) is 16.2. The highest BCUT2D eigenvalue weighted by Gasteiger charge is 2.15. The van der Waals surface area contributed by atoms with Gasteiger partial charge in [-0.1, -0.05) is 34.1 Å². The highest BCUT2D eigenvalue weighted by molar-refractivity contribution is 9.10. The van der Waals surface area contributed by atoms with Crippen LogP contribution in [0.1, 0.15) is 0 Å². The Morgan fingerprint density at radius 3 is 2.39 bits per heavy atom. The van der Waals surface area contributed by atoms with Gasteiger partial charge in [-0.2, -0.15) is 4.98 Å². The van der Waals surface area contributed by atoms with E-state index in [1.807, 2.05) is 66.5 Å². The summed E-state index contributed by atoms with van der Waals surface area (Å²) in [6.07, 6.45) is 1.44. The largest absolute Gasteiger partial charge is 0.437 e. The van der Waals surface area contributed by atoms with Crippen LogP contribution in [0.4, 0.5) is 17.2 Å². The van der Waals surface area contributed by atoms with Crippen LogP contribution in [0.25, 0.3) is 0 Å². The molecule has 0 unspecified atom stereocenters. The minimum Gasteiger partial charge on any atom is -0.437 e. The fraction of sp³-hybridized carbons (Fsp3) is 0.0588. The minimum atomic E-state index is 0.333. The van der Waals surface area contributed by atoms with Crippen molar-refractivity contribution >= 4 is 33.1 Å². The van der Waals surface area contributed by atoms with Crippen molar-refractivity contribution < 1.29 is 4.74 Å². The number of halogens is 1. The summed E-state index contributed by atoms with van der Waals surface area (Å²) in [6, 6.07) is 17.3. The highest BCUT2D eigenvalue weighted by atomic mass is 79.9. The number of hydrogen-bond donors (Lipinski definition) is 1. The molecule has 3 aromatic rings. The summed E-state index contributed by atoms with van der Waals surface area (Å²) in [5.41, 5.74) is 7.57. The van der Waals surface area contributed by atoms with Crippen LogP contribution in [0.2, 0.25) is 0 Å². The minimum absolute atomic E-state index is 0.333. The Morgan fingerprint density at radius 1 is 1.00 bits per heavy atom. The molecule has 0 aliphatic carbocycles. The molecule has 3 rings (SSSR count). The van der Waals surface area contributed by atoms with Crippen LogP contribution in [0.5, 0.6) is 11.6 Å². The van der Waals surface area contributed by atoms with Crippen LogP contribution >= 0.6 is 15.9 Å². The van der Waals surface area contributed by atoms with E-state index < -0.39 is 0 Å². The molecule has 23 heavy (non-hydrogen) atoms. The standard InChI is InChI=1S/C17H15BrN4O/c1-22(13-5-3-2-4-6-13)16-15(19)17(21-11-20-16)23-14-9-7-12(18)8-10-14/h2-11H,19H2,1H3. The van der Waals surface area contributed by atoms with Gasteiger partial charge in [0.15, 0.2) is 5.82 Å². The summed E-state index contributed by atoms with van der Waals surface area (Å²) in [5, 5.41) is 0. The molecule has 116 valence electrons. The summed E-state index contributed by atoms with van der Waals surface area (Å²) in [5.74, 6) is 1.59. The van der Waals surface area contributed by atoms with Gasteiger partial charge in [-0.15, -0.1) is 0 Å². The number of nitrogen functional groups attached to an aromatic ring is 1. The first-order valence-electron chi connectivity index (χ1n) is 6.98. The number of ether oxygens (including phenoxy) is 1. The van der Waals surface area contributed by atoms with Crippen LogP contribution < -0.4 is 15.4 Å². The first-order chi connectivity index (χ1) is 11.1. The third-order valence-electron chi connectivity index (χ3n) is 3.32. The molecule has 5 nitrogen and oxygen atoms in total. The number of hydrogen-bond acceptors (Lipinski definition) is 5. The zero-order valence-corrected chi connectivity index (χ0v) is 14.1. The smallest absolute Gasteiger partial charge is 0.248 e. The maximum absolute atomic E-state index is 6.20. The molecule has 1 aromatic heterocycles. The van der Waals surface area contributed by atoms with Crippen LogP contribution in [-0.2, 0) is 0 Å². The lowest BCUT2D eigenvalue weighted by atomic mass is 10.3. The van der Waals surface area contributed by atoms with Gasteiger partial charge in [0, 0.05) is 17.2 Å². The Kier molecular flexibility index (Phi) is 4.43. The second-order valence-corrected chi connectivity index (χ2v) is 5.78. The summed E-state index contributed by atoms with van der Waals surface area (Å²) < 4.78 is 6.74. The molecule has 0 spiro atoms. The normalized spacial score (nSPS) is 10.3. The van der Waals surface area contributed by atoms with Gasteiger partial charge >= 0.3 is 0 Å². The molecule has 0 amide bonds. The summed E-state index contributed by atoms with van der Waals surface area (Å²) in [7, 11) is 1.90. The van der Waals surface area contributed by atoms with Crippen molar-refractivity contribution in [3.05, 3.63) is 65.4 Å². The number of para-hydroxylation sites is 1. The topological polar surface area (TPSA) is 64.3 Å². The molecule has 1 heterocycles. The average Bonchev–Trinajstić information content (AvgIpc) is 2.59. The van der Waals surface area contributed by atoms with Gasteiger partial charge in [-0.25, -0.2) is 4.98 Å². The quantitative estimate of drug-likeness (QED) is 0.737. The Labute approximate surface area is 142 Å². The Morgan fingerprint density at radius 2 is 1.70 bits per heavy atom. The molecule has 2 aromatic carbocycles. The van der Waals surface area contributed by atoms with E-state index in [1.54, 1.807) is 0 Å². The third kappa shape index (κ3) is 3.43. The molecule has 2 N–H and O–H groups in total. The lowest BCUT2D eigenvalue weighted by molar-refractivity contribution is 0.464. The lowest BCUT2D eigenvalue weighted by Gasteiger charge is -2.20. The molecule has 6 heteroatoms. The number of aromatic nitrogens is 2. The van der Waals surface area contributed by atoms with E-state index in [0.29, 0.717) is 23.1 Å². The first kappa shape index (κ1) is 15.3. The van der Waals surface area contributed by atoms with Crippen molar-refractivity contribution in [1.82, 2.24) is 9.97 Å². The monoisotopic (exact) mass is 370 g/mol. The lowest BCUT2D eigenvalue weighted by Crippen LogP contribution is -2.14. The van der Waals surface area contributed by atoms with E-state index in [9.17, 15) is 0 Å². The third-order valence-corrected chi connectivity index (χ3v) is 3.84. The molecule has 0 saturated heterocycles. The summed E-state index contributed by atoms with van der Waals surface area (Å²) in [6.45, 7) is 0. The Bertz CT molecular complexity index is 793. The second-order valence-electron chi connectivity index (χ2n) is 4.87. The summed E-state index contributed by atoms with van der Waals surface area (Å²) in [4.78, 5) is 10.3.